The van der Waals surface area contributed by atoms with E-state index in [4.69, 9.17) is 12.2 Å². The van der Waals surface area contributed by atoms with Crippen LogP contribution in [0.5, 0.6) is 0 Å². The molecule has 24 heavy (non-hydrogen) atoms. The topological polar surface area (TPSA) is 41.4 Å². The summed E-state index contributed by atoms with van der Waals surface area (Å²) in [7, 11) is 0. The van der Waals surface area contributed by atoms with Crippen LogP contribution in [0.1, 0.15) is 18.1 Å². The average molecular weight is 336 g/mol. The van der Waals surface area contributed by atoms with Crippen molar-refractivity contribution in [1.29, 1.82) is 0 Å². The molecule has 0 spiro atoms. The summed E-state index contributed by atoms with van der Waals surface area (Å²) in [4.78, 5) is 0. The zero-order chi connectivity index (χ0) is 16.8. The van der Waals surface area contributed by atoms with Gasteiger partial charge in [-0.15, -0.1) is 0 Å². The zero-order valence-corrected chi connectivity index (χ0v) is 14.4. The molecular formula is C19H20N4S. The van der Waals surface area contributed by atoms with Crippen molar-refractivity contribution < 1.29 is 0 Å². The molecule has 4 nitrogen and oxygen atoms in total. The molecule has 0 bridgehead atoms. The number of aryl methyl sites for hydroxylation is 1. The first-order valence-corrected chi connectivity index (χ1v) is 8.37. The lowest BCUT2D eigenvalue weighted by Crippen LogP contribution is -2.31. The highest BCUT2D eigenvalue weighted by atomic mass is 32.1. The van der Waals surface area contributed by atoms with Crippen molar-refractivity contribution in [2.75, 3.05) is 0 Å². The third-order valence-electron chi connectivity index (χ3n) is 3.83. The Hall–Kier alpha value is -2.66. The normalized spacial score (nSPS) is 11.0. The fourth-order valence-electron chi connectivity index (χ4n) is 2.62. The number of benzene rings is 2. The molecule has 3 rings (SSSR count). The van der Waals surface area contributed by atoms with Crippen molar-refractivity contribution >= 4 is 34.4 Å². The van der Waals surface area contributed by atoms with Gasteiger partial charge < -0.3 is 9.88 Å². The molecule has 0 aliphatic carbocycles. The van der Waals surface area contributed by atoms with Gasteiger partial charge in [0.1, 0.15) is 0 Å². The van der Waals surface area contributed by atoms with Gasteiger partial charge in [0, 0.05) is 35.8 Å². The van der Waals surface area contributed by atoms with E-state index in [0.717, 1.165) is 12.1 Å². The fraction of sp³-hybridized carbons (Fsp3) is 0.158. The molecule has 0 atom stereocenters. The highest BCUT2D eigenvalue weighted by molar-refractivity contribution is 7.80. The fourth-order valence-corrected chi connectivity index (χ4v) is 2.74. The number of nitrogens with one attached hydrogen (secondary N) is 2. The molecule has 122 valence electrons. The maximum absolute atomic E-state index is 5.25. The van der Waals surface area contributed by atoms with Crippen molar-refractivity contribution in [2.45, 2.75) is 20.0 Å². The Morgan fingerprint density at radius 1 is 1.12 bits per heavy atom. The van der Waals surface area contributed by atoms with Gasteiger partial charge in [-0.05, 0) is 30.8 Å². The molecule has 5 heteroatoms. The van der Waals surface area contributed by atoms with E-state index < -0.39 is 0 Å². The molecule has 0 fully saturated rings. The first kappa shape index (κ1) is 16.2. The maximum Gasteiger partial charge on any atom is 0.187 e. The Balaban J connectivity index is 1.61. The van der Waals surface area contributed by atoms with Crippen LogP contribution in [0.25, 0.3) is 10.9 Å². The van der Waals surface area contributed by atoms with Crippen LogP contribution in [0.4, 0.5) is 0 Å². The molecule has 1 aromatic heterocycles. The van der Waals surface area contributed by atoms with Crippen LogP contribution in [0.2, 0.25) is 0 Å². The number of aromatic nitrogens is 1. The molecule has 0 radical (unpaired) electrons. The van der Waals surface area contributed by atoms with Crippen LogP contribution >= 0.6 is 12.2 Å². The number of hydrogen-bond donors (Lipinski definition) is 2. The summed E-state index contributed by atoms with van der Waals surface area (Å²) < 4.78 is 2.21. The van der Waals surface area contributed by atoms with Gasteiger partial charge in [-0.25, -0.2) is 0 Å². The van der Waals surface area contributed by atoms with E-state index in [-0.39, 0.29) is 0 Å². The van der Waals surface area contributed by atoms with Crippen LogP contribution in [0.15, 0.2) is 65.9 Å². The molecule has 3 aromatic rings. The molecule has 0 aliphatic rings. The molecule has 0 unspecified atom stereocenters. The Morgan fingerprint density at radius 2 is 1.88 bits per heavy atom. The number of rotatable bonds is 5. The van der Waals surface area contributed by atoms with Crippen LogP contribution in [0, 0.1) is 0 Å². The third-order valence-corrected chi connectivity index (χ3v) is 4.06. The average Bonchev–Trinajstić information content (AvgIpc) is 2.99. The Bertz CT molecular complexity index is 852. The number of nitrogens with zero attached hydrogens (tertiary/aromatic N) is 2. The summed E-state index contributed by atoms with van der Waals surface area (Å²) in [6.07, 6.45) is 3.92. The second-order valence-corrected chi connectivity index (χ2v) is 5.83. The quantitative estimate of drug-likeness (QED) is 0.424. The maximum atomic E-state index is 5.25. The van der Waals surface area contributed by atoms with Crippen molar-refractivity contribution in [3.8, 4) is 0 Å². The van der Waals surface area contributed by atoms with Gasteiger partial charge in [0.25, 0.3) is 0 Å². The van der Waals surface area contributed by atoms with Gasteiger partial charge in [-0.1, -0.05) is 48.5 Å². The van der Waals surface area contributed by atoms with E-state index in [1.54, 1.807) is 0 Å². The first-order valence-electron chi connectivity index (χ1n) is 7.96. The largest absolute Gasteiger partial charge is 0.357 e. The second-order valence-electron chi connectivity index (χ2n) is 5.43. The number of thiocarbonyl (C=S) groups is 1. The van der Waals surface area contributed by atoms with E-state index >= 15 is 0 Å². The number of hydrogen-bond acceptors (Lipinski definition) is 2. The highest BCUT2D eigenvalue weighted by Gasteiger charge is 2.04. The van der Waals surface area contributed by atoms with Gasteiger partial charge >= 0.3 is 0 Å². The predicted molar refractivity (Wildman–Crippen MR) is 104 cm³/mol. The summed E-state index contributed by atoms with van der Waals surface area (Å²) in [5.74, 6) is 0. The molecule has 2 N–H and O–H groups in total. The van der Waals surface area contributed by atoms with Crippen LogP contribution in [0.3, 0.4) is 0 Å². The van der Waals surface area contributed by atoms with E-state index in [9.17, 15) is 0 Å². The highest BCUT2D eigenvalue weighted by Crippen LogP contribution is 2.19. The molecular weight excluding hydrogens is 316 g/mol. The Kier molecular flexibility index (Phi) is 5.23. The van der Waals surface area contributed by atoms with E-state index in [1.807, 2.05) is 30.5 Å². The summed E-state index contributed by atoms with van der Waals surface area (Å²) in [6.45, 7) is 3.74. The lowest BCUT2D eigenvalue weighted by atomic mass is 10.2. The molecule has 0 saturated heterocycles. The molecule has 0 amide bonds. The smallest absolute Gasteiger partial charge is 0.187 e. The van der Waals surface area contributed by atoms with E-state index in [2.05, 4.69) is 63.9 Å². The van der Waals surface area contributed by atoms with Crippen LogP contribution in [-0.4, -0.2) is 15.9 Å². The standard InChI is InChI=1S/C19H20N4S/c1-2-23-14-16(17-10-6-7-11-18(17)23)13-21-22-19(24)20-12-15-8-4-3-5-9-15/h3-11,13-14H,2,12H2,1H3,(H2,20,22,24)/b21-13-. The van der Waals surface area contributed by atoms with Gasteiger partial charge in [0.15, 0.2) is 5.11 Å². The SMILES string of the molecule is CCn1cc(/C=N\NC(=S)NCc2ccccc2)c2ccccc21. The summed E-state index contributed by atoms with van der Waals surface area (Å²) >= 11 is 5.25. The Morgan fingerprint density at radius 3 is 2.67 bits per heavy atom. The van der Waals surface area contributed by atoms with Gasteiger partial charge in [0.2, 0.25) is 0 Å². The molecule has 2 aromatic carbocycles. The minimum atomic E-state index is 0.509. The zero-order valence-electron chi connectivity index (χ0n) is 13.6. The molecule has 0 saturated carbocycles. The number of fused-ring (bicyclic) bond motifs is 1. The van der Waals surface area contributed by atoms with Crippen molar-refractivity contribution in [1.82, 2.24) is 15.3 Å². The summed E-state index contributed by atoms with van der Waals surface area (Å²) in [5, 5.41) is 9.10. The minimum Gasteiger partial charge on any atom is -0.357 e. The lowest BCUT2D eigenvalue weighted by molar-refractivity contribution is 0.797. The molecule has 1 heterocycles. The van der Waals surface area contributed by atoms with Gasteiger partial charge in [-0.3, -0.25) is 5.43 Å². The van der Waals surface area contributed by atoms with E-state index in [1.165, 1.54) is 16.5 Å². The predicted octanol–water partition coefficient (Wildman–Crippen LogP) is 3.66. The van der Waals surface area contributed by atoms with Crippen LogP contribution < -0.4 is 10.7 Å². The van der Waals surface area contributed by atoms with Crippen molar-refractivity contribution in [3.63, 3.8) is 0 Å². The first-order chi connectivity index (χ1) is 11.8. The van der Waals surface area contributed by atoms with Crippen LogP contribution in [-0.2, 0) is 13.1 Å². The number of para-hydroxylation sites is 1. The third kappa shape index (κ3) is 3.81. The summed E-state index contributed by atoms with van der Waals surface area (Å²) in [6, 6.07) is 18.4. The van der Waals surface area contributed by atoms with Gasteiger partial charge in [0.05, 0.1) is 6.21 Å². The number of hydrazone groups is 1. The lowest BCUT2D eigenvalue weighted by Gasteiger charge is -2.06. The summed E-state index contributed by atoms with van der Waals surface area (Å²) in [5.41, 5.74) is 6.34. The van der Waals surface area contributed by atoms with Crippen molar-refractivity contribution in [2.24, 2.45) is 5.10 Å². The second kappa shape index (κ2) is 7.75. The Labute approximate surface area is 147 Å². The molecule has 0 aliphatic heterocycles. The monoisotopic (exact) mass is 336 g/mol. The van der Waals surface area contributed by atoms with Gasteiger partial charge in [-0.2, -0.15) is 5.10 Å². The van der Waals surface area contributed by atoms with Crippen molar-refractivity contribution in [3.05, 3.63) is 71.9 Å². The van der Waals surface area contributed by atoms with E-state index in [0.29, 0.717) is 11.7 Å². The minimum absolute atomic E-state index is 0.509.